The Balaban J connectivity index is 1.99. The molecule has 0 spiro atoms. The molecular weight excluding hydrogens is 345 g/mol. The highest BCUT2D eigenvalue weighted by atomic mass is 35.5. The topological polar surface area (TPSA) is 55.6 Å². The van der Waals surface area contributed by atoms with Crippen molar-refractivity contribution in [2.45, 2.75) is 19.8 Å². The third-order valence-electron chi connectivity index (χ3n) is 3.77. The van der Waals surface area contributed by atoms with Gasteiger partial charge in [0, 0.05) is 11.9 Å². The molecule has 0 aliphatic heterocycles. The van der Waals surface area contributed by atoms with E-state index in [1.54, 1.807) is 24.3 Å². The molecule has 0 atom stereocenters. The quantitative estimate of drug-likeness (QED) is 0.735. The van der Waals surface area contributed by atoms with Crippen LogP contribution < -0.4 is 10.1 Å². The van der Waals surface area contributed by atoms with Crippen molar-refractivity contribution in [1.29, 1.82) is 0 Å². The number of methoxy groups -OCH3 is 1. The monoisotopic (exact) mass is 361 g/mol. The molecule has 0 bridgehead atoms. The normalized spacial score (nSPS) is 10.9. The Kier molecular flexibility index (Phi) is 4.90. The lowest BCUT2D eigenvalue weighted by molar-refractivity contribution is 0.102. The maximum Gasteiger partial charge on any atom is 0.274 e. The Morgan fingerprint density at radius 1 is 1.36 bits per heavy atom. The lowest BCUT2D eigenvalue weighted by Crippen LogP contribution is -2.16. The Bertz CT molecular complexity index is 939. The number of halogens is 2. The number of imidazole rings is 1. The van der Waals surface area contributed by atoms with Crippen molar-refractivity contribution in [3.05, 3.63) is 58.8 Å². The van der Waals surface area contributed by atoms with Crippen LogP contribution in [0.15, 0.2) is 36.5 Å². The van der Waals surface area contributed by atoms with Gasteiger partial charge >= 0.3 is 0 Å². The summed E-state index contributed by atoms with van der Waals surface area (Å²) in [4.78, 5) is 17.2. The number of carbonyl (C=O) groups is 1. The summed E-state index contributed by atoms with van der Waals surface area (Å²) in [7, 11) is 1.52. The average molecular weight is 362 g/mol. The van der Waals surface area contributed by atoms with Gasteiger partial charge in [-0.3, -0.25) is 9.20 Å². The van der Waals surface area contributed by atoms with Crippen molar-refractivity contribution in [2.24, 2.45) is 0 Å². The van der Waals surface area contributed by atoms with E-state index in [1.165, 1.54) is 23.8 Å². The maximum atomic E-state index is 13.6. The van der Waals surface area contributed by atoms with Gasteiger partial charge in [0.25, 0.3) is 5.91 Å². The predicted octanol–water partition coefficient (Wildman–Crippen LogP) is 4.34. The lowest BCUT2D eigenvalue weighted by Gasteiger charge is -2.09. The molecule has 2 heterocycles. The van der Waals surface area contributed by atoms with E-state index in [0.717, 1.165) is 6.42 Å². The first-order chi connectivity index (χ1) is 12.0. The van der Waals surface area contributed by atoms with Gasteiger partial charge in [0.2, 0.25) is 0 Å². The number of nitrogens with one attached hydrogen (secondary N) is 1. The van der Waals surface area contributed by atoms with Crippen molar-refractivity contribution >= 4 is 28.8 Å². The zero-order chi connectivity index (χ0) is 18.0. The highest BCUT2D eigenvalue weighted by Crippen LogP contribution is 2.27. The van der Waals surface area contributed by atoms with Crippen LogP contribution in [0.1, 0.15) is 29.5 Å². The minimum atomic E-state index is -0.436. The summed E-state index contributed by atoms with van der Waals surface area (Å²) in [5.41, 5.74) is 2.00. The van der Waals surface area contributed by atoms with Gasteiger partial charge in [-0.2, -0.15) is 0 Å². The fourth-order valence-corrected chi connectivity index (χ4v) is 2.91. The number of carbonyl (C=O) groups excluding carboxylic acids is 1. The standard InChI is InChI=1S/C18H17ClFN3O2/c1-3-4-14-17(23-10-11(20)5-8-16(23)22-14)18(24)21-12-6-7-15(25-2)13(19)9-12/h5-10H,3-4H2,1-2H3,(H,21,24). The minimum Gasteiger partial charge on any atom is -0.495 e. The minimum absolute atomic E-state index is 0.322. The molecule has 0 unspecified atom stereocenters. The van der Waals surface area contributed by atoms with E-state index in [-0.39, 0.29) is 5.91 Å². The molecule has 1 aromatic carbocycles. The Hall–Kier alpha value is -2.60. The molecule has 0 saturated heterocycles. The van der Waals surface area contributed by atoms with Gasteiger partial charge in [-0.1, -0.05) is 24.9 Å². The van der Waals surface area contributed by atoms with Crippen molar-refractivity contribution < 1.29 is 13.9 Å². The largest absolute Gasteiger partial charge is 0.495 e. The fourth-order valence-electron chi connectivity index (χ4n) is 2.65. The van der Waals surface area contributed by atoms with Crippen LogP contribution in [0.25, 0.3) is 5.65 Å². The summed E-state index contributed by atoms with van der Waals surface area (Å²) >= 11 is 6.09. The molecule has 0 saturated carbocycles. The second-order valence-electron chi connectivity index (χ2n) is 5.54. The number of aryl methyl sites for hydroxylation is 1. The Labute approximate surface area is 149 Å². The summed E-state index contributed by atoms with van der Waals surface area (Å²) < 4.78 is 20.2. The number of benzene rings is 1. The summed E-state index contributed by atoms with van der Waals surface area (Å²) in [6.45, 7) is 2.00. The molecule has 0 radical (unpaired) electrons. The first-order valence-corrected chi connectivity index (χ1v) is 8.22. The SMILES string of the molecule is CCCc1nc2ccc(F)cn2c1C(=O)Nc1ccc(OC)c(Cl)c1. The number of hydrogen-bond donors (Lipinski definition) is 1. The van der Waals surface area contributed by atoms with E-state index in [9.17, 15) is 9.18 Å². The van der Waals surface area contributed by atoms with Crippen LogP contribution in [0.3, 0.4) is 0 Å². The molecule has 0 aliphatic carbocycles. The van der Waals surface area contributed by atoms with Crippen molar-refractivity contribution in [2.75, 3.05) is 12.4 Å². The number of ether oxygens (including phenoxy) is 1. The van der Waals surface area contributed by atoms with Gasteiger partial charge in [-0.05, 0) is 36.8 Å². The number of amides is 1. The summed E-state index contributed by atoms with van der Waals surface area (Å²) in [6.07, 6.45) is 2.70. The zero-order valence-corrected chi connectivity index (χ0v) is 14.6. The van der Waals surface area contributed by atoms with Gasteiger partial charge in [-0.15, -0.1) is 0 Å². The van der Waals surface area contributed by atoms with Crippen molar-refractivity contribution in [3.63, 3.8) is 0 Å². The predicted molar refractivity (Wildman–Crippen MR) is 95.1 cm³/mol. The molecule has 5 nitrogen and oxygen atoms in total. The molecule has 0 aliphatic rings. The van der Waals surface area contributed by atoms with Crippen molar-refractivity contribution in [1.82, 2.24) is 9.38 Å². The second kappa shape index (κ2) is 7.11. The summed E-state index contributed by atoms with van der Waals surface area (Å²) in [6, 6.07) is 7.82. The third kappa shape index (κ3) is 3.44. The molecule has 7 heteroatoms. The number of pyridine rings is 1. The van der Waals surface area contributed by atoms with E-state index in [2.05, 4.69) is 10.3 Å². The molecule has 1 amide bonds. The van der Waals surface area contributed by atoms with E-state index in [1.807, 2.05) is 6.92 Å². The number of hydrogen-bond acceptors (Lipinski definition) is 3. The van der Waals surface area contributed by atoms with Crippen LogP contribution in [0, 0.1) is 5.82 Å². The zero-order valence-electron chi connectivity index (χ0n) is 13.8. The maximum absolute atomic E-state index is 13.6. The van der Waals surface area contributed by atoms with Crippen LogP contribution in [-0.2, 0) is 6.42 Å². The van der Waals surface area contributed by atoms with E-state index in [0.29, 0.717) is 39.9 Å². The van der Waals surface area contributed by atoms with Crippen LogP contribution in [-0.4, -0.2) is 22.4 Å². The second-order valence-corrected chi connectivity index (χ2v) is 5.94. The number of aromatic nitrogens is 2. The van der Waals surface area contributed by atoms with E-state index in [4.69, 9.17) is 16.3 Å². The molecule has 3 rings (SSSR count). The lowest BCUT2D eigenvalue weighted by atomic mass is 10.2. The van der Waals surface area contributed by atoms with Crippen LogP contribution in [0.2, 0.25) is 5.02 Å². The molecule has 130 valence electrons. The highest BCUT2D eigenvalue weighted by molar-refractivity contribution is 6.32. The Morgan fingerprint density at radius 2 is 2.16 bits per heavy atom. The van der Waals surface area contributed by atoms with Gasteiger partial charge in [0.1, 0.15) is 22.9 Å². The highest BCUT2D eigenvalue weighted by Gasteiger charge is 2.19. The molecule has 3 aromatic rings. The van der Waals surface area contributed by atoms with Crippen LogP contribution in [0.5, 0.6) is 5.75 Å². The van der Waals surface area contributed by atoms with Crippen LogP contribution in [0.4, 0.5) is 10.1 Å². The molecular formula is C18H17ClFN3O2. The molecule has 0 fully saturated rings. The number of fused-ring (bicyclic) bond motifs is 1. The van der Waals surface area contributed by atoms with Crippen LogP contribution >= 0.6 is 11.6 Å². The molecule has 1 N–H and O–H groups in total. The number of nitrogens with zero attached hydrogens (tertiary/aromatic N) is 2. The van der Waals surface area contributed by atoms with E-state index >= 15 is 0 Å². The van der Waals surface area contributed by atoms with Gasteiger partial charge in [-0.25, -0.2) is 9.37 Å². The Morgan fingerprint density at radius 3 is 2.84 bits per heavy atom. The number of rotatable bonds is 5. The third-order valence-corrected chi connectivity index (χ3v) is 4.06. The van der Waals surface area contributed by atoms with Crippen molar-refractivity contribution in [3.8, 4) is 5.75 Å². The summed E-state index contributed by atoms with van der Waals surface area (Å²) in [5.74, 6) is -0.291. The fraction of sp³-hybridized carbons (Fsp3) is 0.222. The molecule has 25 heavy (non-hydrogen) atoms. The van der Waals surface area contributed by atoms with Gasteiger partial charge < -0.3 is 10.1 Å². The molecule has 2 aromatic heterocycles. The van der Waals surface area contributed by atoms with Gasteiger partial charge in [0.05, 0.1) is 17.8 Å². The smallest absolute Gasteiger partial charge is 0.274 e. The first kappa shape index (κ1) is 17.2. The van der Waals surface area contributed by atoms with Gasteiger partial charge in [0.15, 0.2) is 0 Å². The summed E-state index contributed by atoms with van der Waals surface area (Å²) in [5, 5.41) is 3.17. The first-order valence-electron chi connectivity index (χ1n) is 7.85. The number of anilines is 1. The average Bonchev–Trinajstić information content (AvgIpc) is 2.92. The van der Waals surface area contributed by atoms with E-state index < -0.39 is 5.82 Å².